The molecule has 0 saturated heterocycles. The van der Waals surface area contributed by atoms with Gasteiger partial charge in [0.05, 0.1) is 13.2 Å². The van der Waals surface area contributed by atoms with Crippen LogP contribution in [0.5, 0.6) is 0 Å². The summed E-state index contributed by atoms with van der Waals surface area (Å²) in [7, 11) is 0. The van der Waals surface area contributed by atoms with Gasteiger partial charge in [0.25, 0.3) is 0 Å². The molecule has 176 valence electrons. The standard InChI is InChI=1S/C26H55NO2/c1-3-5-7-9-11-13-15-17-19-23-28-25-21-27-22-26-29-24-20-18-16-14-12-10-8-6-4-2/h27H,3-26H2,1-2H3. The molecule has 0 atom stereocenters. The van der Waals surface area contributed by atoms with E-state index in [9.17, 15) is 0 Å². The number of hydrogen-bond donors (Lipinski definition) is 1. The first-order chi connectivity index (χ1) is 14.4. The average Bonchev–Trinajstić information content (AvgIpc) is 2.74. The van der Waals surface area contributed by atoms with E-state index in [2.05, 4.69) is 19.2 Å². The molecular weight excluding hydrogens is 358 g/mol. The van der Waals surface area contributed by atoms with E-state index in [1.165, 1.54) is 116 Å². The average molecular weight is 414 g/mol. The van der Waals surface area contributed by atoms with E-state index in [0.717, 1.165) is 39.5 Å². The van der Waals surface area contributed by atoms with E-state index in [0.29, 0.717) is 0 Å². The topological polar surface area (TPSA) is 30.5 Å². The molecule has 1 N–H and O–H groups in total. The summed E-state index contributed by atoms with van der Waals surface area (Å²) in [4.78, 5) is 0. The van der Waals surface area contributed by atoms with Gasteiger partial charge in [-0.1, -0.05) is 117 Å². The Hall–Kier alpha value is -0.120. The summed E-state index contributed by atoms with van der Waals surface area (Å²) < 4.78 is 11.4. The van der Waals surface area contributed by atoms with E-state index < -0.39 is 0 Å². The molecule has 0 spiro atoms. The first kappa shape index (κ1) is 28.9. The molecule has 0 aliphatic heterocycles. The second kappa shape index (κ2) is 27.9. The normalized spacial score (nSPS) is 11.4. The molecule has 0 radical (unpaired) electrons. The summed E-state index contributed by atoms with van der Waals surface area (Å²) in [5, 5.41) is 3.41. The second-order valence-electron chi connectivity index (χ2n) is 8.63. The van der Waals surface area contributed by atoms with Crippen LogP contribution in [0, 0.1) is 0 Å². The van der Waals surface area contributed by atoms with E-state index in [4.69, 9.17) is 9.47 Å². The van der Waals surface area contributed by atoms with Crippen molar-refractivity contribution >= 4 is 0 Å². The zero-order valence-electron chi connectivity index (χ0n) is 20.3. The molecule has 0 saturated carbocycles. The van der Waals surface area contributed by atoms with E-state index >= 15 is 0 Å². The molecule has 0 heterocycles. The summed E-state index contributed by atoms with van der Waals surface area (Å²) >= 11 is 0. The lowest BCUT2D eigenvalue weighted by molar-refractivity contribution is 0.117. The Morgan fingerprint density at radius 2 is 0.690 bits per heavy atom. The largest absolute Gasteiger partial charge is 0.380 e. The third-order valence-corrected chi connectivity index (χ3v) is 5.63. The maximum absolute atomic E-state index is 5.70. The molecule has 0 aromatic carbocycles. The Kier molecular flexibility index (Phi) is 27.8. The molecule has 3 nitrogen and oxygen atoms in total. The van der Waals surface area contributed by atoms with Crippen LogP contribution in [0.3, 0.4) is 0 Å². The molecule has 0 fully saturated rings. The van der Waals surface area contributed by atoms with Crippen molar-refractivity contribution in [3.63, 3.8) is 0 Å². The fourth-order valence-electron chi connectivity index (χ4n) is 3.65. The van der Waals surface area contributed by atoms with Crippen LogP contribution in [0.1, 0.15) is 129 Å². The number of hydrogen-bond acceptors (Lipinski definition) is 3. The fourth-order valence-corrected chi connectivity index (χ4v) is 3.65. The minimum Gasteiger partial charge on any atom is -0.380 e. The van der Waals surface area contributed by atoms with Gasteiger partial charge >= 0.3 is 0 Å². The monoisotopic (exact) mass is 413 g/mol. The molecule has 29 heavy (non-hydrogen) atoms. The van der Waals surface area contributed by atoms with Crippen LogP contribution in [0.15, 0.2) is 0 Å². The first-order valence-electron chi connectivity index (χ1n) is 13.3. The SMILES string of the molecule is CCCCCCCCCCCOCCNCCOCCCCCCCCCCC. The number of ether oxygens (including phenoxy) is 2. The molecule has 0 unspecified atom stereocenters. The molecule has 3 heteroatoms. The van der Waals surface area contributed by atoms with Gasteiger partial charge in [-0.3, -0.25) is 0 Å². The highest BCUT2D eigenvalue weighted by Gasteiger charge is 1.95. The maximum atomic E-state index is 5.70. The predicted molar refractivity (Wildman–Crippen MR) is 129 cm³/mol. The van der Waals surface area contributed by atoms with Gasteiger partial charge in [-0.2, -0.15) is 0 Å². The zero-order valence-corrected chi connectivity index (χ0v) is 20.3. The summed E-state index contributed by atoms with van der Waals surface area (Å²) in [6, 6.07) is 0. The van der Waals surface area contributed by atoms with Crippen LogP contribution in [0.2, 0.25) is 0 Å². The minimum absolute atomic E-state index is 0.829. The van der Waals surface area contributed by atoms with Gasteiger partial charge in [-0.05, 0) is 12.8 Å². The highest BCUT2D eigenvalue weighted by molar-refractivity contribution is 4.49. The Balaban J connectivity index is 2.97. The summed E-state index contributed by atoms with van der Waals surface area (Å²) in [6.45, 7) is 9.95. The van der Waals surface area contributed by atoms with Gasteiger partial charge < -0.3 is 14.8 Å². The van der Waals surface area contributed by atoms with E-state index in [-0.39, 0.29) is 0 Å². The van der Waals surface area contributed by atoms with Crippen LogP contribution in [0.4, 0.5) is 0 Å². The number of rotatable bonds is 26. The van der Waals surface area contributed by atoms with Gasteiger partial charge in [0.1, 0.15) is 0 Å². The van der Waals surface area contributed by atoms with Crippen LogP contribution in [-0.2, 0) is 9.47 Å². The molecule has 0 aromatic rings. The van der Waals surface area contributed by atoms with Gasteiger partial charge in [0.2, 0.25) is 0 Å². The summed E-state index contributed by atoms with van der Waals surface area (Å²) in [6.07, 6.45) is 24.7. The third-order valence-electron chi connectivity index (χ3n) is 5.63. The van der Waals surface area contributed by atoms with Crippen molar-refractivity contribution in [2.75, 3.05) is 39.5 Å². The van der Waals surface area contributed by atoms with Crippen LogP contribution < -0.4 is 5.32 Å². The van der Waals surface area contributed by atoms with Crippen molar-refractivity contribution in [2.45, 2.75) is 129 Å². The van der Waals surface area contributed by atoms with Crippen molar-refractivity contribution in [1.82, 2.24) is 5.32 Å². The van der Waals surface area contributed by atoms with Crippen LogP contribution in [0.25, 0.3) is 0 Å². The lowest BCUT2D eigenvalue weighted by atomic mass is 10.1. The van der Waals surface area contributed by atoms with Crippen molar-refractivity contribution in [3.8, 4) is 0 Å². The summed E-state index contributed by atoms with van der Waals surface area (Å²) in [5.74, 6) is 0. The Bertz CT molecular complexity index is 247. The van der Waals surface area contributed by atoms with Gasteiger partial charge in [-0.15, -0.1) is 0 Å². The van der Waals surface area contributed by atoms with Gasteiger partial charge in [-0.25, -0.2) is 0 Å². The first-order valence-corrected chi connectivity index (χ1v) is 13.3. The Labute approximate surface area is 184 Å². The Morgan fingerprint density at radius 3 is 1.03 bits per heavy atom. The lowest BCUT2D eigenvalue weighted by Crippen LogP contribution is -2.24. The smallest absolute Gasteiger partial charge is 0.0590 e. The maximum Gasteiger partial charge on any atom is 0.0590 e. The molecule has 0 bridgehead atoms. The quantitative estimate of drug-likeness (QED) is 0.148. The van der Waals surface area contributed by atoms with Crippen LogP contribution >= 0.6 is 0 Å². The minimum atomic E-state index is 0.829. The number of unbranched alkanes of at least 4 members (excludes halogenated alkanes) is 16. The molecule has 0 aliphatic rings. The van der Waals surface area contributed by atoms with Crippen molar-refractivity contribution in [2.24, 2.45) is 0 Å². The van der Waals surface area contributed by atoms with Crippen molar-refractivity contribution in [3.05, 3.63) is 0 Å². The van der Waals surface area contributed by atoms with E-state index in [1.807, 2.05) is 0 Å². The van der Waals surface area contributed by atoms with Crippen molar-refractivity contribution < 1.29 is 9.47 Å². The Morgan fingerprint density at radius 1 is 0.379 bits per heavy atom. The number of nitrogens with one attached hydrogen (secondary N) is 1. The van der Waals surface area contributed by atoms with Crippen molar-refractivity contribution in [1.29, 1.82) is 0 Å². The van der Waals surface area contributed by atoms with Gasteiger partial charge in [0, 0.05) is 26.3 Å². The lowest BCUT2D eigenvalue weighted by Gasteiger charge is -2.07. The van der Waals surface area contributed by atoms with Crippen LogP contribution in [-0.4, -0.2) is 39.5 Å². The predicted octanol–water partition coefficient (Wildman–Crippen LogP) is 7.67. The summed E-state index contributed by atoms with van der Waals surface area (Å²) in [5.41, 5.74) is 0. The second-order valence-corrected chi connectivity index (χ2v) is 8.63. The van der Waals surface area contributed by atoms with Gasteiger partial charge in [0.15, 0.2) is 0 Å². The fraction of sp³-hybridized carbons (Fsp3) is 1.00. The molecule has 0 aliphatic carbocycles. The third kappa shape index (κ3) is 27.9. The van der Waals surface area contributed by atoms with E-state index in [1.54, 1.807) is 0 Å². The molecule has 0 amide bonds. The highest BCUT2D eigenvalue weighted by atomic mass is 16.5. The highest BCUT2D eigenvalue weighted by Crippen LogP contribution is 2.10. The molecule has 0 aromatic heterocycles. The zero-order chi connectivity index (χ0) is 21.1. The molecular formula is C26H55NO2. The molecule has 0 rings (SSSR count).